The Morgan fingerprint density at radius 3 is 2.73 bits per heavy atom. The molecule has 1 unspecified atom stereocenters. The van der Waals surface area contributed by atoms with Crippen molar-refractivity contribution in [2.24, 2.45) is 0 Å². The topological polar surface area (TPSA) is 62.2 Å². The number of likely N-dealkylation sites (N-methyl/N-ethyl adjacent to an activating group) is 1. The predicted molar refractivity (Wildman–Crippen MR) is 60.8 cm³/mol. The third-order valence-electron chi connectivity index (χ3n) is 2.17. The molecule has 0 saturated heterocycles. The van der Waals surface area contributed by atoms with Crippen molar-refractivity contribution < 1.29 is 9.90 Å². The van der Waals surface area contributed by atoms with Crippen molar-refractivity contribution in [1.82, 2.24) is 10.3 Å². The second-order valence-corrected chi connectivity index (χ2v) is 4.48. The Morgan fingerprint density at radius 1 is 1.67 bits per heavy atom. The van der Waals surface area contributed by atoms with Gasteiger partial charge in [-0.1, -0.05) is 13.8 Å². The molecule has 0 bridgehead atoms. The van der Waals surface area contributed by atoms with Crippen molar-refractivity contribution in [2.45, 2.75) is 26.2 Å². The van der Waals surface area contributed by atoms with Crippen LogP contribution < -0.4 is 5.32 Å². The number of carboxylic acids is 1. The molecule has 0 amide bonds. The fourth-order valence-electron chi connectivity index (χ4n) is 1.38. The van der Waals surface area contributed by atoms with Gasteiger partial charge in [0.15, 0.2) is 0 Å². The number of nitrogens with zero attached hydrogens (tertiary/aromatic N) is 1. The summed E-state index contributed by atoms with van der Waals surface area (Å²) in [6, 6.07) is 0. The van der Waals surface area contributed by atoms with Crippen molar-refractivity contribution >= 4 is 17.3 Å². The lowest BCUT2D eigenvalue weighted by atomic mass is 10.2. The van der Waals surface area contributed by atoms with Crippen LogP contribution >= 0.6 is 11.3 Å². The molecule has 5 heteroatoms. The standard InChI is InChI=1S/C10H16N2O2S/c1-4-7-8(10(13)14)15-9(12-7)6(2)5-11-3/h6,11H,4-5H2,1-3H3,(H,13,14). The van der Waals surface area contributed by atoms with Crippen molar-refractivity contribution in [2.75, 3.05) is 13.6 Å². The molecule has 1 aromatic heterocycles. The van der Waals surface area contributed by atoms with Crippen LogP contribution in [0.3, 0.4) is 0 Å². The lowest BCUT2D eigenvalue weighted by Gasteiger charge is -2.05. The Kier molecular flexibility index (Phi) is 4.23. The molecule has 0 fully saturated rings. The minimum atomic E-state index is -0.868. The molecule has 1 atom stereocenters. The number of carboxylic acid groups (broad SMARTS) is 1. The van der Waals surface area contributed by atoms with Crippen LogP contribution in [0, 0.1) is 0 Å². The van der Waals surface area contributed by atoms with E-state index in [-0.39, 0.29) is 5.92 Å². The first-order valence-corrected chi connectivity index (χ1v) is 5.79. The average molecular weight is 228 g/mol. The van der Waals surface area contributed by atoms with Gasteiger partial charge in [-0.3, -0.25) is 0 Å². The smallest absolute Gasteiger partial charge is 0.347 e. The molecule has 1 rings (SSSR count). The first kappa shape index (κ1) is 12.1. The Balaban J connectivity index is 2.96. The molecule has 0 spiro atoms. The minimum absolute atomic E-state index is 0.262. The normalized spacial score (nSPS) is 12.7. The summed E-state index contributed by atoms with van der Waals surface area (Å²) in [4.78, 5) is 15.7. The van der Waals surface area contributed by atoms with Crippen molar-refractivity contribution in [1.29, 1.82) is 0 Å². The van der Waals surface area contributed by atoms with Crippen molar-refractivity contribution in [3.05, 3.63) is 15.6 Å². The SMILES string of the molecule is CCc1nc(C(C)CNC)sc1C(=O)O. The van der Waals surface area contributed by atoms with Crippen LogP contribution in [0.25, 0.3) is 0 Å². The number of carbonyl (C=O) groups is 1. The molecule has 15 heavy (non-hydrogen) atoms. The Hall–Kier alpha value is -0.940. The van der Waals surface area contributed by atoms with Gasteiger partial charge in [0.25, 0.3) is 0 Å². The lowest BCUT2D eigenvalue weighted by Crippen LogP contribution is -2.14. The maximum Gasteiger partial charge on any atom is 0.347 e. The predicted octanol–water partition coefficient (Wildman–Crippen LogP) is 1.73. The van der Waals surface area contributed by atoms with Crippen LogP contribution in [0.4, 0.5) is 0 Å². The zero-order valence-corrected chi connectivity index (χ0v) is 10.0. The number of hydrogen-bond acceptors (Lipinski definition) is 4. The Labute approximate surface area is 93.4 Å². The van der Waals surface area contributed by atoms with Crippen LogP contribution in [0.1, 0.15) is 40.1 Å². The summed E-state index contributed by atoms with van der Waals surface area (Å²) in [5.74, 6) is -0.606. The van der Waals surface area contributed by atoms with E-state index in [4.69, 9.17) is 5.11 Å². The van der Waals surface area contributed by atoms with Gasteiger partial charge in [-0.15, -0.1) is 11.3 Å². The molecule has 0 aliphatic rings. The fourth-order valence-corrected chi connectivity index (χ4v) is 2.43. The van der Waals surface area contributed by atoms with Crippen molar-refractivity contribution in [3.8, 4) is 0 Å². The summed E-state index contributed by atoms with van der Waals surface area (Å²) >= 11 is 1.29. The summed E-state index contributed by atoms with van der Waals surface area (Å²) in [5.41, 5.74) is 0.699. The molecule has 0 radical (unpaired) electrons. The summed E-state index contributed by atoms with van der Waals surface area (Å²) in [6.45, 7) is 4.78. The molecule has 1 aromatic rings. The van der Waals surface area contributed by atoms with E-state index < -0.39 is 5.97 Å². The van der Waals surface area contributed by atoms with Gasteiger partial charge in [0.2, 0.25) is 0 Å². The summed E-state index contributed by atoms with van der Waals surface area (Å²) in [7, 11) is 1.88. The highest BCUT2D eigenvalue weighted by Crippen LogP contribution is 2.25. The van der Waals surface area contributed by atoms with Crippen LogP contribution in [-0.4, -0.2) is 29.7 Å². The lowest BCUT2D eigenvalue weighted by molar-refractivity contribution is 0.0701. The molecule has 2 N–H and O–H groups in total. The van der Waals surface area contributed by atoms with Gasteiger partial charge < -0.3 is 10.4 Å². The first-order valence-electron chi connectivity index (χ1n) is 4.97. The third kappa shape index (κ3) is 2.76. The van der Waals surface area contributed by atoms with E-state index in [0.717, 1.165) is 11.6 Å². The van der Waals surface area contributed by atoms with Gasteiger partial charge in [-0.2, -0.15) is 0 Å². The fraction of sp³-hybridized carbons (Fsp3) is 0.600. The number of aromatic nitrogens is 1. The average Bonchev–Trinajstić information content (AvgIpc) is 2.61. The zero-order chi connectivity index (χ0) is 11.4. The second kappa shape index (κ2) is 5.23. The summed E-state index contributed by atoms with van der Waals surface area (Å²) in [6.07, 6.45) is 0.671. The van der Waals surface area contributed by atoms with Gasteiger partial charge in [0.05, 0.1) is 10.7 Å². The number of thiazole rings is 1. The van der Waals surface area contributed by atoms with E-state index in [0.29, 0.717) is 17.0 Å². The van der Waals surface area contributed by atoms with Crippen LogP contribution in [0.5, 0.6) is 0 Å². The molecular weight excluding hydrogens is 212 g/mol. The summed E-state index contributed by atoms with van der Waals surface area (Å²) < 4.78 is 0. The van der Waals surface area contributed by atoms with Gasteiger partial charge in [-0.05, 0) is 13.5 Å². The third-order valence-corrected chi connectivity index (χ3v) is 3.49. The minimum Gasteiger partial charge on any atom is -0.477 e. The highest BCUT2D eigenvalue weighted by Gasteiger charge is 2.18. The molecule has 4 nitrogen and oxygen atoms in total. The molecule has 0 saturated carbocycles. The van der Waals surface area contributed by atoms with E-state index in [9.17, 15) is 4.79 Å². The zero-order valence-electron chi connectivity index (χ0n) is 9.20. The van der Waals surface area contributed by atoms with Crippen molar-refractivity contribution in [3.63, 3.8) is 0 Å². The molecular formula is C10H16N2O2S. The van der Waals surface area contributed by atoms with Gasteiger partial charge in [0.1, 0.15) is 4.88 Å². The molecule has 1 heterocycles. The number of aryl methyl sites for hydroxylation is 1. The maximum absolute atomic E-state index is 10.9. The number of aromatic carboxylic acids is 1. The Morgan fingerprint density at radius 2 is 2.33 bits per heavy atom. The Bertz CT molecular complexity index is 349. The quantitative estimate of drug-likeness (QED) is 0.805. The van der Waals surface area contributed by atoms with Crippen LogP contribution in [0.15, 0.2) is 0 Å². The monoisotopic (exact) mass is 228 g/mol. The number of rotatable bonds is 5. The molecule has 0 aromatic carbocycles. The summed E-state index contributed by atoms with van der Waals surface area (Å²) in [5, 5.41) is 12.9. The van der Waals surface area contributed by atoms with Gasteiger partial charge in [-0.25, -0.2) is 9.78 Å². The van der Waals surface area contributed by atoms with E-state index >= 15 is 0 Å². The largest absolute Gasteiger partial charge is 0.477 e. The van der Waals surface area contributed by atoms with E-state index in [1.165, 1.54) is 11.3 Å². The van der Waals surface area contributed by atoms with E-state index in [1.54, 1.807) is 0 Å². The first-order chi connectivity index (χ1) is 7.10. The number of nitrogens with one attached hydrogen (secondary N) is 1. The molecule has 0 aliphatic carbocycles. The second-order valence-electron chi connectivity index (χ2n) is 3.45. The van der Waals surface area contributed by atoms with E-state index in [2.05, 4.69) is 10.3 Å². The molecule has 84 valence electrons. The highest BCUT2D eigenvalue weighted by atomic mass is 32.1. The van der Waals surface area contributed by atoms with Crippen LogP contribution in [0.2, 0.25) is 0 Å². The van der Waals surface area contributed by atoms with Gasteiger partial charge >= 0.3 is 5.97 Å². The maximum atomic E-state index is 10.9. The number of hydrogen-bond donors (Lipinski definition) is 2. The highest BCUT2D eigenvalue weighted by molar-refractivity contribution is 7.13. The van der Waals surface area contributed by atoms with Crippen LogP contribution in [-0.2, 0) is 6.42 Å². The van der Waals surface area contributed by atoms with E-state index in [1.807, 2.05) is 20.9 Å². The van der Waals surface area contributed by atoms with Gasteiger partial charge in [0, 0.05) is 12.5 Å². The molecule has 0 aliphatic heterocycles.